The third-order valence-corrected chi connectivity index (χ3v) is 4.81. The first-order valence-corrected chi connectivity index (χ1v) is 9.29. The van der Waals surface area contributed by atoms with Gasteiger partial charge in [-0.3, -0.25) is 4.79 Å². The van der Waals surface area contributed by atoms with E-state index in [4.69, 9.17) is 5.26 Å². The molecule has 3 N–H and O–H groups in total. The van der Waals surface area contributed by atoms with E-state index in [1.165, 1.54) is 11.8 Å². The van der Waals surface area contributed by atoms with Gasteiger partial charge in [-0.05, 0) is 36.8 Å². The van der Waals surface area contributed by atoms with Crippen molar-refractivity contribution >= 4 is 23.4 Å². The number of aromatic amines is 1. The number of nitriles is 1. The van der Waals surface area contributed by atoms with Crippen molar-refractivity contribution in [2.75, 3.05) is 11.1 Å². The van der Waals surface area contributed by atoms with E-state index < -0.39 is 0 Å². The van der Waals surface area contributed by atoms with Crippen LogP contribution < -0.4 is 5.32 Å². The monoisotopic (exact) mass is 378 g/mol. The number of phenols is 1. The number of anilines is 1. The molecule has 0 aliphatic heterocycles. The second-order valence-electron chi connectivity index (χ2n) is 5.95. The molecular weight excluding hydrogens is 360 g/mol. The van der Waals surface area contributed by atoms with Crippen molar-refractivity contribution < 1.29 is 9.90 Å². The zero-order chi connectivity index (χ0) is 19.2. The van der Waals surface area contributed by atoms with Crippen LogP contribution in [0.3, 0.4) is 0 Å². The minimum absolute atomic E-state index is 0.186. The number of carbonyl (C=O) groups is 1. The Bertz CT molecular complexity index is 990. The number of hydrogen-bond donors (Lipinski definition) is 3. The summed E-state index contributed by atoms with van der Waals surface area (Å²) in [5, 5.41) is 21.9. The third kappa shape index (κ3) is 4.90. The molecule has 0 saturated carbocycles. The summed E-state index contributed by atoms with van der Waals surface area (Å²) in [6.45, 7) is 1.94. The van der Waals surface area contributed by atoms with Crippen LogP contribution in [0.2, 0.25) is 0 Å². The summed E-state index contributed by atoms with van der Waals surface area (Å²) < 4.78 is 0. The number of imidazole rings is 1. The van der Waals surface area contributed by atoms with Crippen LogP contribution >= 0.6 is 11.8 Å². The molecule has 6 nitrogen and oxygen atoms in total. The molecule has 3 rings (SSSR count). The lowest BCUT2D eigenvalue weighted by Crippen LogP contribution is -2.15. The number of hydrogen-bond acceptors (Lipinski definition) is 5. The van der Waals surface area contributed by atoms with Crippen LogP contribution in [0.1, 0.15) is 22.5 Å². The number of para-hydroxylation sites is 1. The van der Waals surface area contributed by atoms with Crippen LogP contribution in [0.25, 0.3) is 0 Å². The van der Waals surface area contributed by atoms with Gasteiger partial charge in [-0.25, -0.2) is 4.98 Å². The number of amides is 1. The van der Waals surface area contributed by atoms with Crippen molar-refractivity contribution in [3.63, 3.8) is 0 Å². The fourth-order valence-corrected chi connectivity index (χ4v) is 3.26. The predicted molar refractivity (Wildman–Crippen MR) is 105 cm³/mol. The van der Waals surface area contributed by atoms with Crippen LogP contribution in [0, 0.1) is 18.3 Å². The van der Waals surface area contributed by atoms with Gasteiger partial charge in [0, 0.05) is 12.1 Å². The van der Waals surface area contributed by atoms with Gasteiger partial charge < -0.3 is 15.4 Å². The number of aryl methyl sites for hydroxylation is 1. The van der Waals surface area contributed by atoms with Gasteiger partial charge >= 0.3 is 0 Å². The number of H-pyrrole nitrogens is 1. The van der Waals surface area contributed by atoms with E-state index in [1.807, 2.05) is 19.1 Å². The molecular formula is C20H18N4O2S. The zero-order valence-electron chi connectivity index (χ0n) is 14.7. The molecule has 1 heterocycles. The van der Waals surface area contributed by atoms with Crippen LogP contribution in [-0.4, -0.2) is 26.7 Å². The van der Waals surface area contributed by atoms with Crippen molar-refractivity contribution in [2.24, 2.45) is 0 Å². The van der Waals surface area contributed by atoms with E-state index in [1.54, 1.807) is 36.4 Å². The Balaban J connectivity index is 1.59. The lowest BCUT2D eigenvalue weighted by molar-refractivity contribution is -0.113. The molecule has 0 radical (unpaired) electrons. The molecule has 0 atom stereocenters. The molecule has 0 spiro atoms. The molecule has 1 amide bonds. The lowest BCUT2D eigenvalue weighted by atomic mass is 10.1. The summed E-state index contributed by atoms with van der Waals surface area (Å²) in [5.41, 5.74) is 3.83. The molecule has 0 fully saturated rings. The lowest BCUT2D eigenvalue weighted by Gasteiger charge is -2.05. The van der Waals surface area contributed by atoms with Gasteiger partial charge in [-0.1, -0.05) is 36.0 Å². The van der Waals surface area contributed by atoms with Gasteiger partial charge in [0.1, 0.15) is 11.8 Å². The Kier molecular flexibility index (Phi) is 5.79. The molecule has 2 aromatic carbocycles. The van der Waals surface area contributed by atoms with Crippen molar-refractivity contribution in [3.8, 4) is 11.8 Å². The molecule has 7 heteroatoms. The highest BCUT2D eigenvalue weighted by Gasteiger charge is 2.11. The van der Waals surface area contributed by atoms with Crippen molar-refractivity contribution in [3.05, 3.63) is 71.0 Å². The minimum atomic E-state index is -0.197. The Morgan fingerprint density at radius 3 is 2.74 bits per heavy atom. The SMILES string of the molecule is Cc1[nH]c(SCC(=O)Nc2ccccc2C#N)nc1Cc1ccc(O)cc1. The number of phenolic OH excluding ortho intramolecular Hbond substituents is 1. The molecule has 1 aromatic heterocycles. The van der Waals surface area contributed by atoms with Crippen molar-refractivity contribution in [1.82, 2.24) is 9.97 Å². The standard InChI is InChI=1S/C20H18N4O2S/c1-13-18(10-14-6-8-16(25)9-7-14)24-20(22-13)27-12-19(26)23-17-5-3-2-4-15(17)11-21/h2-9,25H,10,12H2,1H3,(H,22,24)(H,23,26). The van der Waals surface area contributed by atoms with Crippen molar-refractivity contribution in [1.29, 1.82) is 5.26 Å². The number of nitrogens with zero attached hydrogens (tertiary/aromatic N) is 2. The molecule has 3 aromatic rings. The number of rotatable bonds is 6. The average molecular weight is 378 g/mol. The topological polar surface area (TPSA) is 102 Å². The Morgan fingerprint density at radius 1 is 1.26 bits per heavy atom. The Morgan fingerprint density at radius 2 is 2.00 bits per heavy atom. The number of nitrogens with one attached hydrogen (secondary N) is 2. The first-order chi connectivity index (χ1) is 13.0. The predicted octanol–water partition coefficient (Wildman–Crippen LogP) is 3.62. The largest absolute Gasteiger partial charge is 0.508 e. The smallest absolute Gasteiger partial charge is 0.234 e. The van der Waals surface area contributed by atoms with Gasteiger partial charge in [0.05, 0.1) is 22.7 Å². The fourth-order valence-electron chi connectivity index (χ4n) is 2.52. The maximum absolute atomic E-state index is 12.2. The van der Waals surface area contributed by atoms with E-state index in [0.717, 1.165) is 17.0 Å². The van der Waals surface area contributed by atoms with Crippen LogP contribution in [0.5, 0.6) is 5.75 Å². The number of aromatic nitrogens is 2. The molecule has 0 unspecified atom stereocenters. The summed E-state index contributed by atoms with van der Waals surface area (Å²) >= 11 is 1.31. The Labute approximate surface area is 161 Å². The van der Waals surface area contributed by atoms with Gasteiger partial charge in [0.25, 0.3) is 0 Å². The van der Waals surface area contributed by atoms with Gasteiger partial charge in [0.15, 0.2) is 5.16 Å². The molecule has 27 heavy (non-hydrogen) atoms. The fraction of sp³-hybridized carbons (Fsp3) is 0.150. The maximum atomic E-state index is 12.2. The zero-order valence-corrected chi connectivity index (χ0v) is 15.5. The highest BCUT2D eigenvalue weighted by Crippen LogP contribution is 2.21. The number of benzene rings is 2. The first kappa shape index (κ1) is 18.5. The second kappa shape index (κ2) is 8.43. The van der Waals surface area contributed by atoms with Gasteiger partial charge in [0.2, 0.25) is 5.91 Å². The normalized spacial score (nSPS) is 10.4. The van der Waals surface area contributed by atoms with Crippen molar-refractivity contribution in [2.45, 2.75) is 18.5 Å². The summed E-state index contributed by atoms with van der Waals surface area (Å²) in [4.78, 5) is 19.9. The van der Waals surface area contributed by atoms with Crippen LogP contribution in [0.4, 0.5) is 5.69 Å². The summed E-state index contributed by atoms with van der Waals surface area (Å²) in [6.07, 6.45) is 0.644. The number of carbonyl (C=O) groups excluding carboxylic acids is 1. The van der Waals surface area contributed by atoms with Gasteiger partial charge in [-0.2, -0.15) is 5.26 Å². The number of aromatic hydroxyl groups is 1. The highest BCUT2D eigenvalue weighted by atomic mass is 32.2. The van der Waals surface area contributed by atoms with Crippen LogP contribution in [0.15, 0.2) is 53.7 Å². The van der Waals surface area contributed by atoms with Gasteiger partial charge in [-0.15, -0.1) is 0 Å². The summed E-state index contributed by atoms with van der Waals surface area (Å²) in [5.74, 6) is 0.223. The summed E-state index contributed by atoms with van der Waals surface area (Å²) in [6, 6.07) is 16.0. The van der Waals surface area contributed by atoms with E-state index in [9.17, 15) is 9.90 Å². The molecule has 136 valence electrons. The minimum Gasteiger partial charge on any atom is -0.508 e. The second-order valence-corrected chi connectivity index (χ2v) is 6.92. The number of thioether (sulfide) groups is 1. The summed E-state index contributed by atoms with van der Waals surface area (Å²) in [7, 11) is 0. The molecule has 0 aliphatic rings. The molecule has 0 saturated heterocycles. The average Bonchev–Trinajstić information content (AvgIpc) is 3.02. The molecule has 0 bridgehead atoms. The highest BCUT2D eigenvalue weighted by molar-refractivity contribution is 7.99. The van der Waals surface area contributed by atoms with E-state index in [2.05, 4.69) is 21.4 Å². The molecule has 0 aliphatic carbocycles. The first-order valence-electron chi connectivity index (χ1n) is 8.30. The Hall–Kier alpha value is -3.24. The van der Waals surface area contributed by atoms with E-state index in [-0.39, 0.29) is 17.4 Å². The van der Waals surface area contributed by atoms with Crippen LogP contribution in [-0.2, 0) is 11.2 Å². The van der Waals surface area contributed by atoms with E-state index in [0.29, 0.717) is 22.8 Å². The van der Waals surface area contributed by atoms with E-state index >= 15 is 0 Å². The maximum Gasteiger partial charge on any atom is 0.234 e. The quantitative estimate of drug-likeness (QED) is 0.569. The third-order valence-electron chi connectivity index (χ3n) is 3.93.